The van der Waals surface area contributed by atoms with E-state index in [1.54, 1.807) is 11.3 Å². The van der Waals surface area contributed by atoms with Crippen LogP contribution in [-0.2, 0) is 11.2 Å². The van der Waals surface area contributed by atoms with Crippen LogP contribution in [-0.4, -0.2) is 28.9 Å². The molecular weight excluding hydrogens is 234 g/mol. The highest BCUT2D eigenvalue weighted by molar-refractivity contribution is 7.09. The lowest BCUT2D eigenvalue weighted by molar-refractivity contribution is -0.0376. The number of ether oxygens (including phenoxy) is 1. The fourth-order valence-corrected chi connectivity index (χ4v) is 3.08. The van der Waals surface area contributed by atoms with E-state index in [0.29, 0.717) is 18.4 Å². The van der Waals surface area contributed by atoms with Crippen LogP contribution in [0.2, 0.25) is 0 Å². The summed E-state index contributed by atoms with van der Waals surface area (Å²) in [6.45, 7) is 4.84. The molecule has 0 aliphatic heterocycles. The number of hydrogen-bond acceptors (Lipinski definition) is 4. The molecule has 1 atom stereocenters. The number of aliphatic hydroxyl groups excluding tert-OH is 1. The van der Waals surface area contributed by atoms with Crippen molar-refractivity contribution in [2.75, 3.05) is 6.61 Å². The molecule has 1 aromatic rings. The monoisotopic (exact) mass is 255 g/mol. The highest BCUT2D eigenvalue weighted by Crippen LogP contribution is 2.34. The van der Waals surface area contributed by atoms with Crippen molar-refractivity contribution in [1.29, 1.82) is 0 Å². The van der Waals surface area contributed by atoms with Crippen molar-refractivity contribution in [3.63, 3.8) is 0 Å². The summed E-state index contributed by atoms with van der Waals surface area (Å²) in [7, 11) is 0. The Kier molecular flexibility index (Phi) is 4.54. The summed E-state index contributed by atoms with van der Waals surface area (Å²) in [5, 5.41) is 13.1. The van der Waals surface area contributed by atoms with Crippen molar-refractivity contribution in [2.24, 2.45) is 5.92 Å². The van der Waals surface area contributed by atoms with E-state index in [4.69, 9.17) is 4.74 Å². The average molecular weight is 255 g/mol. The Balaban J connectivity index is 1.67. The average Bonchev–Trinajstić information content (AvgIpc) is 2.61. The first-order valence-corrected chi connectivity index (χ1v) is 7.26. The van der Waals surface area contributed by atoms with Gasteiger partial charge in [-0.2, -0.15) is 0 Å². The van der Waals surface area contributed by atoms with Gasteiger partial charge < -0.3 is 9.84 Å². The Labute approximate surface area is 107 Å². The molecule has 4 heteroatoms. The molecule has 0 saturated heterocycles. The van der Waals surface area contributed by atoms with Crippen LogP contribution >= 0.6 is 11.3 Å². The zero-order valence-corrected chi connectivity index (χ0v) is 11.4. The van der Waals surface area contributed by atoms with Crippen LogP contribution in [0.3, 0.4) is 0 Å². The van der Waals surface area contributed by atoms with E-state index in [1.165, 1.54) is 0 Å². The molecule has 1 aliphatic rings. The number of aryl methyl sites for hydroxylation is 1. The minimum Gasteiger partial charge on any atom is -0.393 e. The molecule has 1 aliphatic carbocycles. The fourth-order valence-electron chi connectivity index (χ4n) is 2.45. The van der Waals surface area contributed by atoms with Crippen LogP contribution in [0.25, 0.3) is 0 Å². The van der Waals surface area contributed by atoms with E-state index in [2.05, 4.69) is 4.98 Å². The first-order valence-electron chi connectivity index (χ1n) is 6.38. The summed E-state index contributed by atoms with van der Waals surface area (Å²) < 4.78 is 5.52. The van der Waals surface area contributed by atoms with Gasteiger partial charge in [-0.15, -0.1) is 11.3 Å². The van der Waals surface area contributed by atoms with E-state index in [-0.39, 0.29) is 6.10 Å². The van der Waals surface area contributed by atoms with Gasteiger partial charge in [-0.25, -0.2) is 4.98 Å². The van der Waals surface area contributed by atoms with Gasteiger partial charge in [0, 0.05) is 18.4 Å². The second kappa shape index (κ2) is 5.94. The second-order valence-electron chi connectivity index (χ2n) is 4.87. The highest BCUT2D eigenvalue weighted by Gasteiger charge is 2.31. The molecular formula is C13H21NO2S. The van der Waals surface area contributed by atoms with Crippen molar-refractivity contribution >= 4 is 11.3 Å². The lowest BCUT2D eigenvalue weighted by Gasteiger charge is -2.36. The van der Waals surface area contributed by atoms with E-state index in [1.807, 2.05) is 19.2 Å². The molecule has 1 N–H and O–H groups in total. The third-order valence-corrected chi connectivity index (χ3v) is 4.13. The Morgan fingerprint density at radius 2 is 2.35 bits per heavy atom. The molecule has 0 aromatic carbocycles. The van der Waals surface area contributed by atoms with Gasteiger partial charge >= 0.3 is 0 Å². The Morgan fingerprint density at radius 1 is 1.59 bits per heavy atom. The minimum atomic E-state index is -0.246. The third kappa shape index (κ3) is 3.76. The highest BCUT2D eigenvalue weighted by atomic mass is 32.1. The molecule has 17 heavy (non-hydrogen) atoms. The molecule has 2 rings (SSSR count). The molecule has 1 saturated carbocycles. The number of hydrogen-bond donors (Lipinski definition) is 1. The van der Waals surface area contributed by atoms with Crippen molar-refractivity contribution in [1.82, 2.24) is 4.98 Å². The van der Waals surface area contributed by atoms with Crippen LogP contribution in [0.15, 0.2) is 5.38 Å². The molecule has 1 aromatic heterocycles. The maximum Gasteiger partial charge on any atom is 0.0897 e. The largest absolute Gasteiger partial charge is 0.393 e. The number of aromatic nitrogens is 1. The standard InChI is InChI=1S/C13H21NO2S/c1-3-16-13-5-10(6-13)4-12(15)7-11-8-17-9(2)14-11/h8,10,12-13,15H,3-7H2,1-2H3. The van der Waals surface area contributed by atoms with Crippen LogP contribution in [0.5, 0.6) is 0 Å². The van der Waals surface area contributed by atoms with Crippen molar-refractivity contribution in [3.05, 3.63) is 16.1 Å². The smallest absolute Gasteiger partial charge is 0.0897 e. The number of thiazole rings is 1. The Morgan fingerprint density at radius 3 is 2.94 bits per heavy atom. The van der Waals surface area contributed by atoms with Gasteiger partial charge in [-0.3, -0.25) is 0 Å². The van der Waals surface area contributed by atoms with E-state index in [9.17, 15) is 5.11 Å². The lowest BCUT2D eigenvalue weighted by atomic mass is 9.78. The van der Waals surface area contributed by atoms with E-state index in [0.717, 1.165) is 36.6 Å². The molecule has 0 bridgehead atoms. The van der Waals surface area contributed by atoms with Gasteiger partial charge in [0.15, 0.2) is 0 Å². The maximum absolute atomic E-state index is 9.99. The van der Waals surface area contributed by atoms with Crippen LogP contribution in [0.1, 0.15) is 36.9 Å². The van der Waals surface area contributed by atoms with Crippen LogP contribution in [0.4, 0.5) is 0 Å². The Bertz CT molecular complexity index is 347. The summed E-state index contributed by atoms with van der Waals surface area (Å²) in [5.41, 5.74) is 1.03. The third-order valence-electron chi connectivity index (χ3n) is 3.31. The topological polar surface area (TPSA) is 42.4 Å². The first-order chi connectivity index (χ1) is 8.17. The van der Waals surface area contributed by atoms with E-state index < -0.39 is 0 Å². The lowest BCUT2D eigenvalue weighted by Crippen LogP contribution is -2.34. The van der Waals surface area contributed by atoms with Gasteiger partial charge in [-0.1, -0.05) is 0 Å². The van der Waals surface area contributed by atoms with Gasteiger partial charge in [-0.05, 0) is 39.0 Å². The predicted molar refractivity (Wildman–Crippen MR) is 69.3 cm³/mol. The number of rotatable bonds is 6. The molecule has 3 nitrogen and oxygen atoms in total. The van der Waals surface area contributed by atoms with Gasteiger partial charge in [0.05, 0.1) is 22.9 Å². The minimum absolute atomic E-state index is 0.246. The molecule has 96 valence electrons. The summed E-state index contributed by atoms with van der Waals surface area (Å²) in [6, 6.07) is 0. The maximum atomic E-state index is 9.99. The zero-order chi connectivity index (χ0) is 12.3. The van der Waals surface area contributed by atoms with Gasteiger partial charge in [0.2, 0.25) is 0 Å². The van der Waals surface area contributed by atoms with Crippen molar-refractivity contribution in [2.45, 2.75) is 51.7 Å². The molecule has 0 amide bonds. The zero-order valence-electron chi connectivity index (χ0n) is 10.6. The number of aliphatic hydroxyl groups is 1. The summed E-state index contributed by atoms with van der Waals surface area (Å²) in [6.07, 6.45) is 4.00. The van der Waals surface area contributed by atoms with Crippen LogP contribution in [0, 0.1) is 12.8 Å². The SMILES string of the molecule is CCOC1CC(CC(O)Cc2csc(C)n2)C1. The van der Waals surface area contributed by atoms with Gasteiger partial charge in [0.25, 0.3) is 0 Å². The first kappa shape index (κ1) is 13.0. The van der Waals surface area contributed by atoms with Crippen LogP contribution < -0.4 is 0 Å². The molecule has 0 radical (unpaired) electrons. The normalized spacial score (nSPS) is 25.6. The number of nitrogens with zero attached hydrogens (tertiary/aromatic N) is 1. The molecule has 1 unspecified atom stereocenters. The summed E-state index contributed by atoms with van der Waals surface area (Å²) in [5.74, 6) is 0.640. The Hall–Kier alpha value is -0.450. The predicted octanol–water partition coefficient (Wildman–Crippen LogP) is 2.56. The van der Waals surface area contributed by atoms with Crippen molar-refractivity contribution < 1.29 is 9.84 Å². The molecule has 1 heterocycles. The van der Waals surface area contributed by atoms with Gasteiger partial charge in [0.1, 0.15) is 0 Å². The molecule has 1 fully saturated rings. The summed E-state index contributed by atoms with van der Waals surface area (Å²) in [4.78, 5) is 4.38. The molecule has 0 spiro atoms. The summed E-state index contributed by atoms with van der Waals surface area (Å²) >= 11 is 1.65. The fraction of sp³-hybridized carbons (Fsp3) is 0.769. The quantitative estimate of drug-likeness (QED) is 0.849. The second-order valence-corrected chi connectivity index (χ2v) is 5.93. The van der Waals surface area contributed by atoms with E-state index >= 15 is 0 Å². The van der Waals surface area contributed by atoms with Crippen molar-refractivity contribution in [3.8, 4) is 0 Å².